The van der Waals surface area contributed by atoms with E-state index in [1.165, 1.54) is 30.6 Å². The summed E-state index contributed by atoms with van der Waals surface area (Å²) in [5, 5.41) is 2.80. The smallest absolute Gasteiger partial charge is 0.338 e. The number of carbonyl (C=O) groups is 2. The van der Waals surface area contributed by atoms with Crippen LogP contribution in [0.15, 0.2) is 54.9 Å². The molecule has 28 heavy (non-hydrogen) atoms. The van der Waals surface area contributed by atoms with Gasteiger partial charge >= 0.3 is 5.97 Å². The number of aromatic nitrogens is 2. The number of hydrogen-bond donors (Lipinski definition) is 1. The van der Waals surface area contributed by atoms with Crippen LogP contribution in [0.4, 0.5) is 10.1 Å². The molecule has 0 saturated heterocycles. The van der Waals surface area contributed by atoms with E-state index in [1.54, 1.807) is 0 Å². The van der Waals surface area contributed by atoms with E-state index >= 15 is 0 Å². The summed E-state index contributed by atoms with van der Waals surface area (Å²) in [6.07, 6.45) is 2.79. The lowest BCUT2D eigenvalue weighted by molar-refractivity contribution is 0.0464. The van der Waals surface area contributed by atoms with Crippen LogP contribution in [0, 0.1) is 19.7 Å². The summed E-state index contributed by atoms with van der Waals surface area (Å²) in [6.45, 7) is 3.54. The van der Waals surface area contributed by atoms with Crippen LogP contribution in [-0.4, -0.2) is 21.8 Å². The first kappa shape index (κ1) is 19.2. The van der Waals surface area contributed by atoms with Crippen molar-refractivity contribution in [2.24, 2.45) is 0 Å². The fraction of sp³-hybridized carbons (Fsp3) is 0.143. The molecule has 6 nitrogen and oxygen atoms in total. The molecule has 0 unspecified atom stereocenters. The van der Waals surface area contributed by atoms with Gasteiger partial charge in [0.15, 0.2) is 5.69 Å². The largest absolute Gasteiger partial charge is 0.455 e. The van der Waals surface area contributed by atoms with E-state index in [0.29, 0.717) is 5.69 Å². The van der Waals surface area contributed by atoms with Crippen LogP contribution < -0.4 is 5.32 Å². The molecule has 3 aromatic rings. The number of nitrogens with zero attached hydrogens (tertiary/aromatic N) is 2. The average Bonchev–Trinajstić information content (AvgIpc) is 2.69. The SMILES string of the molecule is Cc1ccc(C)c(NC(=O)c2nccnc2COC(=O)c2cccc(F)c2)c1. The highest BCUT2D eigenvalue weighted by atomic mass is 19.1. The molecule has 0 bridgehead atoms. The van der Waals surface area contributed by atoms with Gasteiger partial charge in [-0.2, -0.15) is 0 Å². The molecule has 0 aliphatic rings. The predicted octanol–water partition coefficient (Wildman–Crippen LogP) is 3.84. The normalized spacial score (nSPS) is 10.4. The molecule has 1 amide bonds. The first-order chi connectivity index (χ1) is 13.4. The molecular weight excluding hydrogens is 361 g/mol. The van der Waals surface area contributed by atoms with Gasteiger partial charge < -0.3 is 10.1 Å². The number of aryl methyl sites for hydroxylation is 2. The third-order valence-corrected chi connectivity index (χ3v) is 4.03. The minimum Gasteiger partial charge on any atom is -0.455 e. The van der Waals surface area contributed by atoms with Crippen LogP contribution in [0.3, 0.4) is 0 Å². The molecule has 0 aliphatic carbocycles. The van der Waals surface area contributed by atoms with Crippen LogP contribution in [0.5, 0.6) is 0 Å². The lowest BCUT2D eigenvalue weighted by Crippen LogP contribution is -2.19. The Morgan fingerprint density at radius 2 is 1.86 bits per heavy atom. The van der Waals surface area contributed by atoms with Gasteiger partial charge in [-0.25, -0.2) is 14.2 Å². The maximum Gasteiger partial charge on any atom is 0.338 e. The van der Waals surface area contributed by atoms with E-state index < -0.39 is 17.7 Å². The van der Waals surface area contributed by atoms with Crippen molar-refractivity contribution in [3.8, 4) is 0 Å². The number of carbonyl (C=O) groups excluding carboxylic acids is 2. The van der Waals surface area contributed by atoms with Gasteiger partial charge in [0.25, 0.3) is 5.91 Å². The van der Waals surface area contributed by atoms with Crippen LogP contribution in [-0.2, 0) is 11.3 Å². The van der Waals surface area contributed by atoms with E-state index in [-0.39, 0.29) is 23.6 Å². The molecule has 3 rings (SSSR count). The summed E-state index contributed by atoms with van der Waals surface area (Å²) in [4.78, 5) is 32.9. The highest BCUT2D eigenvalue weighted by molar-refractivity contribution is 6.04. The summed E-state index contributed by atoms with van der Waals surface area (Å²) >= 11 is 0. The van der Waals surface area contributed by atoms with Crippen molar-refractivity contribution in [1.29, 1.82) is 0 Å². The Labute approximate surface area is 161 Å². The predicted molar refractivity (Wildman–Crippen MR) is 101 cm³/mol. The molecule has 0 saturated carbocycles. The molecule has 0 atom stereocenters. The zero-order valence-electron chi connectivity index (χ0n) is 15.4. The molecule has 2 aromatic carbocycles. The summed E-state index contributed by atoms with van der Waals surface area (Å²) in [7, 11) is 0. The Morgan fingerprint density at radius 3 is 2.64 bits per heavy atom. The van der Waals surface area contributed by atoms with E-state index in [9.17, 15) is 14.0 Å². The number of anilines is 1. The number of amides is 1. The molecule has 142 valence electrons. The van der Waals surface area contributed by atoms with Crippen LogP contribution >= 0.6 is 0 Å². The Morgan fingerprint density at radius 1 is 1.07 bits per heavy atom. The van der Waals surface area contributed by atoms with Crippen molar-refractivity contribution in [2.75, 3.05) is 5.32 Å². The molecule has 0 fully saturated rings. The fourth-order valence-electron chi connectivity index (χ4n) is 2.55. The van der Waals surface area contributed by atoms with Gasteiger partial charge in [0, 0.05) is 18.1 Å². The summed E-state index contributed by atoms with van der Waals surface area (Å²) < 4.78 is 18.4. The van der Waals surface area contributed by atoms with Crippen molar-refractivity contribution in [2.45, 2.75) is 20.5 Å². The van der Waals surface area contributed by atoms with Gasteiger partial charge in [-0.1, -0.05) is 18.2 Å². The van der Waals surface area contributed by atoms with Crippen LogP contribution in [0.25, 0.3) is 0 Å². The molecular formula is C21H18FN3O3. The van der Waals surface area contributed by atoms with Gasteiger partial charge in [0.1, 0.15) is 18.1 Å². The number of ether oxygens (including phenoxy) is 1. The van der Waals surface area contributed by atoms with Gasteiger partial charge in [-0.3, -0.25) is 9.78 Å². The number of esters is 1. The molecule has 0 radical (unpaired) electrons. The first-order valence-electron chi connectivity index (χ1n) is 8.55. The number of halogens is 1. The number of hydrogen-bond acceptors (Lipinski definition) is 5. The minimum absolute atomic E-state index is 0.0513. The topological polar surface area (TPSA) is 81.2 Å². The van der Waals surface area contributed by atoms with Gasteiger partial charge in [0.2, 0.25) is 0 Å². The fourth-order valence-corrected chi connectivity index (χ4v) is 2.55. The molecule has 1 N–H and O–H groups in total. The van der Waals surface area contributed by atoms with E-state index in [4.69, 9.17) is 4.74 Å². The third kappa shape index (κ3) is 4.56. The van der Waals surface area contributed by atoms with Crippen molar-refractivity contribution >= 4 is 17.6 Å². The van der Waals surface area contributed by atoms with E-state index in [1.807, 2.05) is 32.0 Å². The monoisotopic (exact) mass is 379 g/mol. The van der Waals surface area contributed by atoms with E-state index in [0.717, 1.165) is 17.2 Å². The van der Waals surface area contributed by atoms with Gasteiger partial charge in [-0.15, -0.1) is 0 Å². The Kier molecular flexibility index (Phi) is 5.74. The zero-order valence-corrected chi connectivity index (χ0v) is 15.4. The van der Waals surface area contributed by atoms with E-state index in [2.05, 4.69) is 15.3 Å². The van der Waals surface area contributed by atoms with Crippen molar-refractivity contribution in [3.05, 3.63) is 88.8 Å². The Hall–Kier alpha value is -3.61. The molecule has 1 aromatic heterocycles. The summed E-state index contributed by atoms with van der Waals surface area (Å²) in [5.74, 6) is -1.72. The summed E-state index contributed by atoms with van der Waals surface area (Å²) in [5.41, 5.74) is 2.90. The first-order valence-corrected chi connectivity index (χ1v) is 8.55. The van der Waals surface area contributed by atoms with Crippen LogP contribution in [0.1, 0.15) is 37.7 Å². The third-order valence-electron chi connectivity index (χ3n) is 4.03. The second-order valence-corrected chi connectivity index (χ2v) is 6.21. The minimum atomic E-state index is -0.717. The number of rotatable bonds is 5. The molecule has 7 heteroatoms. The second-order valence-electron chi connectivity index (χ2n) is 6.21. The van der Waals surface area contributed by atoms with Crippen molar-refractivity contribution in [3.63, 3.8) is 0 Å². The molecule has 1 heterocycles. The average molecular weight is 379 g/mol. The van der Waals surface area contributed by atoms with Gasteiger partial charge in [-0.05, 0) is 49.2 Å². The maximum atomic E-state index is 13.2. The quantitative estimate of drug-likeness (QED) is 0.681. The lowest BCUT2D eigenvalue weighted by Gasteiger charge is -2.11. The zero-order chi connectivity index (χ0) is 20.1. The highest BCUT2D eigenvalue weighted by Gasteiger charge is 2.17. The highest BCUT2D eigenvalue weighted by Crippen LogP contribution is 2.18. The lowest BCUT2D eigenvalue weighted by atomic mass is 10.1. The van der Waals surface area contributed by atoms with Gasteiger partial charge in [0.05, 0.1) is 5.56 Å². The maximum absolute atomic E-state index is 13.2. The van der Waals surface area contributed by atoms with Crippen LogP contribution in [0.2, 0.25) is 0 Å². The standard InChI is InChI=1S/C21H18FN3O3/c1-13-6-7-14(2)17(10-13)25-20(26)19-18(23-8-9-24-19)12-28-21(27)15-4-3-5-16(22)11-15/h3-11H,12H2,1-2H3,(H,25,26). The second kappa shape index (κ2) is 8.39. The van der Waals surface area contributed by atoms with Crippen molar-refractivity contribution < 1.29 is 18.7 Å². The Balaban J connectivity index is 1.74. The number of benzene rings is 2. The number of nitrogens with one attached hydrogen (secondary N) is 1. The Bertz CT molecular complexity index is 1040. The summed E-state index contributed by atoms with van der Waals surface area (Å²) in [6, 6.07) is 10.9. The van der Waals surface area contributed by atoms with Crippen molar-refractivity contribution in [1.82, 2.24) is 9.97 Å². The molecule has 0 spiro atoms. The molecule has 0 aliphatic heterocycles.